The topological polar surface area (TPSA) is 29.3 Å². The number of hydrogen-bond donors (Lipinski definition) is 1. The zero-order valence-electron chi connectivity index (χ0n) is 9.45. The van der Waals surface area contributed by atoms with E-state index in [0.717, 1.165) is 5.92 Å². The van der Waals surface area contributed by atoms with E-state index in [4.69, 9.17) is 5.73 Å². The van der Waals surface area contributed by atoms with Crippen molar-refractivity contribution in [3.05, 3.63) is 35.4 Å². The van der Waals surface area contributed by atoms with E-state index in [1.807, 2.05) is 0 Å². The van der Waals surface area contributed by atoms with Crippen LogP contribution in [0.2, 0.25) is 0 Å². The number of nitrogens with two attached hydrogens (primary N) is 1. The minimum Gasteiger partial charge on any atom is -0.326 e. The fourth-order valence-corrected chi connectivity index (χ4v) is 2.34. The van der Waals surface area contributed by atoms with Gasteiger partial charge in [-0.25, -0.2) is 0 Å². The van der Waals surface area contributed by atoms with Crippen LogP contribution < -0.4 is 5.73 Å². The lowest BCUT2D eigenvalue weighted by atomic mass is 9.98. The Morgan fingerprint density at radius 1 is 1.27 bits per heavy atom. The summed E-state index contributed by atoms with van der Waals surface area (Å²) in [5.74, 6) is 0.846. The Labute approximate surface area is 92.1 Å². The van der Waals surface area contributed by atoms with Crippen molar-refractivity contribution in [2.45, 2.75) is 19.4 Å². The molecular weight excluding hydrogens is 184 g/mol. The molecule has 1 aliphatic rings. The van der Waals surface area contributed by atoms with Gasteiger partial charge in [-0.05, 0) is 43.5 Å². The maximum atomic E-state index is 5.58. The van der Waals surface area contributed by atoms with Gasteiger partial charge in [0, 0.05) is 13.1 Å². The first-order valence-corrected chi connectivity index (χ1v) is 5.74. The first-order chi connectivity index (χ1) is 7.28. The van der Waals surface area contributed by atoms with E-state index < -0.39 is 0 Å². The Morgan fingerprint density at radius 3 is 2.47 bits per heavy atom. The van der Waals surface area contributed by atoms with Gasteiger partial charge >= 0.3 is 0 Å². The van der Waals surface area contributed by atoms with Gasteiger partial charge in [0.05, 0.1) is 0 Å². The van der Waals surface area contributed by atoms with E-state index in [1.165, 1.54) is 37.1 Å². The molecule has 0 saturated carbocycles. The summed E-state index contributed by atoms with van der Waals surface area (Å²) in [6.45, 7) is 3.15. The molecule has 0 aliphatic carbocycles. The summed E-state index contributed by atoms with van der Waals surface area (Å²) < 4.78 is 0. The van der Waals surface area contributed by atoms with Crippen molar-refractivity contribution in [1.29, 1.82) is 0 Å². The van der Waals surface area contributed by atoms with E-state index in [1.54, 1.807) is 0 Å². The van der Waals surface area contributed by atoms with E-state index in [9.17, 15) is 0 Å². The molecule has 0 radical (unpaired) electrons. The first-order valence-electron chi connectivity index (χ1n) is 5.74. The fourth-order valence-electron chi connectivity index (χ4n) is 2.34. The van der Waals surface area contributed by atoms with Crippen molar-refractivity contribution in [2.24, 2.45) is 11.7 Å². The zero-order chi connectivity index (χ0) is 10.7. The number of nitrogens with zero attached hydrogens (tertiary/aromatic N) is 1. The molecule has 1 heterocycles. The van der Waals surface area contributed by atoms with Crippen LogP contribution in [0.25, 0.3) is 0 Å². The Kier molecular flexibility index (Phi) is 3.39. The maximum absolute atomic E-state index is 5.58. The molecule has 2 rings (SSSR count). The molecule has 0 bridgehead atoms. The summed E-state index contributed by atoms with van der Waals surface area (Å²) in [5.41, 5.74) is 8.25. The predicted molar refractivity (Wildman–Crippen MR) is 63.6 cm³/mol. The molecule has 2 nitrogen and oxygen atoms in total. The summed E-state index contributed by atoms with van der Waals surface area (Å²) >= 11 is 0. The molecule has 0 aromatic heterocycles. The van der Waals surface area contributed by atoms with Crippen molar-refractivity contribution >= 4 is 0 Å². The molecule has 2 heteroatoms. The van der Waals surface area contributed by atoms with Gasteiger partial charge < -0.3 is 10.6 Å². The van der Waals surface area contributed by atoms with Gasteiger partial charge in [0.1, 0.15) is 0 Å². The molecule has 0 spiro atoms. The van der Waals surface area contributed by atoms with Gasteiger partial charge in [-0.3, -0.25) is 0 Å². The second-order valence-corrected chi connectivity index (χ2v) is 4.64. The first kappa shape index (κ1) is 10.7. The van der Waals surface area contributed by atoms with Crippen LogP contribution in [0.4, 0.5) is 0 Å². The third-order valence-corrected chi connectivity index (χ3v) is 3.27. The standard InChI is InChI=1S/C13H20N2/c1-15-7-6-13(10-15)8-11-2-4-12(9-14)5-3-11/h2-5,13H,6-10,14H2,1H3. The molecular formula is C13H20N2. The van der Waals surface area contributed by atoms with Gasteiger partial charge in [-0.15, -0.1) is 0 Å². The predicted octanol–water partition coefficient (Wildman–Crippen LogP) is 1.64. The third-order valence-electron chi connectivity index (χ3n) is 3.27. The quantitative estimate of drug-likeness (QED) is 0.811. The average molecular weight is 204 g/mol. The van der Waals surface area contributed by atoms with Crippen LogP contribution in [-0.2, 0) is 13.0 Å². The Hall–Kier alpha value is -0.860. The van der Waals surface area contributed by atoms with Crippen molar-refractivity contribution in [1.82, 2.24) is 4.90 Å². The lowest BCUT2D eigenvalue weighted by Gasteiger charge is -2.10. The van der Waals surface area contributed by atoms with E-state index in [-0.39, 0.29) is 0 Å². The van der Waals surface area contributed by atoms with Crippen LogP contribution in [0.15, 0.2) is 24.3 Å². The van der Waals surface area contributed by atoms with Crippen LogP contribution in [0, 0.1) is 5.92 Å². The summed E-state index contributed by atoms with van der Waals surface area (Å²) in [6.07, 6.45) is 2.56. The maximum Gasteiger partial charge on any atom is 0.0178 e. The smallest absolute Gasteiger partial charge is 0.0178 e. The molecule has 1 saturated heterocycles. The van der Waals surface area contributed by atoms with Crippen LogP contribution in [0.5, 0.6) is 0 Å². The number of benzene rings is 1. The summed E-state index contributed by atoms with van der Waals surface area (Å²) in [5, 5.41) is 0. The van der Waals surface area contributed by atoms with Crippen LogP contribution in [-0.4, -0.2) is 25.0 Å². The fraction of sp³-hybridized carbons (Fsp3) is 0.538. The number of hydrogen-bond acceptors (Lipinski definition) is 2. The van der Waals surface area contributed by atoms with Crippen molar-refractivity contribution in [2.75, 3.05) is 20.1 Å². The normalized spacial score (nSPS) is 22.1. The Morgan fingerprint density at radius 2 is 1.93 bits per heavy atom. The molecule has 0 amide bonds. The number of rotatable bonds is 3. The largest absolute Gasteiger partial charge is 0.326 e. The SMILES string of the molecule is CN1CCC(Cc2ccc(CN)cc2)C1. The second kappa shape index (κ2) is 4.77. The highest BCUT2D eigenvalue weighted by atomic mass is 15.1. The summed E-state index contributed by atoms with van der Waals surface area (Å²) in [7, 11) is 2.21. The van der Waals surface area contributed by atoms with Crippen molar-refractivity contribution < 1.29 is 0 Å². The van der Waals surface area contributed by atoms with E-state index in [0.29, 0.717) is 6.54 Å². The van der Waals surface area contributed by atoms with Gasteiger partial charge in [-0.1, -0.05) is 24.3 Å². The summed E-state index contributed by atoms with van der Waals surface area (Å²) in [4.78, 5) is 2.42. The minimum atomic E-state index is 0.645. The summed E-state index contributed by atoms with van der Waals surface area (Å²) in [6, 6.07) is 8.74. The van der Waals surface area contributed by atoms with Gasteiger partial charge in [-0.2, -0.15) is 0 Å². The highest BCUT2D eigenvalue weighted by molar-refractivity contribution is 5.22. The second-order valence-electron chi connectivity index (χ2n) is 4.64. The lowest BCUT2D eigenvalue weighted by molar-refractivity contribution is 0.394. The molecule has 1 aliphatic heterocycles. The van der Waals surface area contributed by atoms with Crippen molar-refractivity contribution in [3.8, 4) is 0 Å². The highest BCUT2D eigenvalue weighted by Crippen LogP contribution is 2.19. The van der Waals surface area contributed by atoms with Gasteiger partial charge in [0.25, 0.3) is 0 Å². The van der Waals surface area contributed by atoms with Crippen LogP contribution in [0.3, 0.4) is 0 Å². The third kappa shape index (κ3) is 2.80. The Bertz CT molecular complexity index is 305. The highest BCUT2D eigenvalue weighted by Gasteiger charge is 2.19. The van der Waals surface area contributed by atoms with E-state index in [2.05, 4.69) is 36.2 Å². The van der Waals surface area contributed by atoms with Crippen molar-refractivity contribution in [3.63, 3.8) is 0 Å². The molecule has 1 aromatic carbocycles. The van der Waals surface area contributed by atoms with E-state index >= 15 is 0 Å². The molecule has 2 N–H and O–H groups in total. The molecule has 82 valence electrons. The molecule has 1 aromatic rings. The molecule has 1 unspecified atom stereocenters. The molecule has 15 heavy (non-hydrogen) atoms. The van der Waals surface area contributed by atoms with Gasteiger partial charge in [0.2, 0.25) is 0 Å². The van der Waals surface area contributed by atoms with Crippen LogP contribution >= 0.6 is 0 Å². The zero-order valence-corrected chi connectivity index (χ0v) is 9.45. The monoisotopic (exact) mass is 204 g/mol. The lowest BCUT2D eigenvalue weighted by Crippen LogP contribution is -2.14. The molecule has 1 atom stereocenters. The van der Waals surface area contributed by atoms with Crippen LogP contribution in [0.1, 0.15) is 17.5 Å². The Balaban J connectivity index is 1.93. The number of likely N-dealkylation sites (tertiary alicyclic amines) is 1. The molecule has 1 fully saturated rings. The minimum absolute atomic E-state index is 0.645. The average Bonchev–Trinajstić information content (AvgIpc) is 2.65. The van der Waals surface area contributed by atoms with Gasteiger partial charge in [0.15, 0.2) is 0 Å².